The van der Waals surface area contributed by atoms with Gasteiger partial charge >= 0.3 is 0 Å². The van der Waals surface area contributed by atoms with Crippen molar-refractivity contribution in [1.29, 1.82) is 0 Å². The topological polar surface area (TPSA) is 87.6 Å². The van der Waals surface area contributed by atoms with E-state index in [1.807, 2.05) is 37.1 Å². The molecule has 1 heterocycles. The first-order valence-corrected chi connectivity index (χ1v) is 5.73. The molecule has 6 nitrogen and oxygen atoms in total. The normalized spacial score (nSPS) is 11.4. The summed E-state index contributed by atoms with van der Waals surface area (Å²) in [4.78, 5) is 10.4. The van der Waals surface area contributed by atoms with Crippen LogP contribution in [0.2, 0.25) is 0 Å². The number of hydrogen-bond acceptors (Lipinski definition) is 5. The predicted octanol–water partition coefficient (Wildman–Crippen LogP) is 1.65. The maximum absolute atomic E-state index is 8.71. The smallest absolute Gasteiger partial charge is 0.170 e. The second-order valence-electron chi connectivity index (χ2n) is 4.06. The fourth-order valence-corrected chi connectivity index (χ4v) is 1.78. The van der Waals surface area contributed by atoms with Gasteiger partial charge < -0.3 is 15.8 Å². The molecule has 0 amide bonds. The lowest BCUT2D eigenvalue weighted by Gasteiger charge is -2.20. The highest BCUT2D eigenvalue weighted by atomic mass is 16.4. The standard InChI is InChI=1S/C13H15N5O/c1-9-13(16-7-6-15-9)18(2)11-5-3-4-10(8-11)12(14)17-19/h3-8,19H,1-2H3,(H2,14,17). The van der Waals surface area contributed by atoms with Crippen molar-refractivity contribution in [2.75, 3.05) is 11.9 Å². The Balaban J connectivity index is 2.40. The Morgan fingerprint density at radius 3 is 2.74 bits per heavy atom. The Kier molecular flexibility index (Phi) is 3.61. The molecule has 98 valence electrons. The molecule has 1 aromatic heterocycles. The van der Waals surface area contributed by atoms with Crippen LogP contribution in [0.3, 0.4) is 0 Å². The van der Waals surface area contributed by atoms with E-state index in [-0.39, 0.29) is 5.84 Å². The molecule has 0 saturated heterocycles. The molecule has 1 aromatic carbocycles. The Hall–Kier alpha value is -2.63. The van der Waals surface area contributed by atoms with Crippen molar-refractivity contribution < 1.29 is 5.21 Å². The number of nitrogens with two attached hydrogens (primary N) is 1. The van der Waals surface area contributed by atoms with Crippen LogP contribution in [0.25, 0.3) is 0 Å². The molecule has 3 N–H and O–H groups in total. The summed E-state index contributed by atoms with van der Waals surface area (Å²) in [6.45, 7) is 1.90. The third-order valence-corrected chi connectivity index (χ3v) is 2.81. The summed E-state index contributed by atoms with van der Waals surface area (Å²) in [7, 11) is 1.89. The van der Waals surface area contributed by atoms with Gasteiger partial charge in [-0.05, 0) is 19.1 Å². The molecule has 0 aliphatic carbocycles. The molecule has 0 aliphatic rings. The molecule has 0 spiro atoms. The van der Waals surface area contributed by atoms with E-state index in [4.69, 9.17) is 10.9 Å². The fourth-order valence-electron chi connectivity index (χ4n) is 1.78. The third-order valence-electron chi connectivity index (χ3n) is 2.81. The maximum atomic E-state index is 8.71. The van der Waals surface area contributed by atoms with Crippen molar-refractivity contribution in [2.45, 2.75) is 6.92 Å². The monoisotopic (exact) mass is 257 g/mol. The van der Waals surface area contributed by atoms with Gasteiger partial charge in [0.25, 0.3) is 0 Å². The van der Waals surface area contributed by atoms with Gasteiger partial charge in [0.1, 0.15) is 0 Å². The summed E-state index contributed by atoms with van der Waals surface area (Å²) in [5.41, 5.74) is 7.95. The molecule has 19 heavy (non-hydrogen) atoms. The number of aromatic nitrogens is 2. The van der Waals surface area contributed by atoms with Crippen LogP contribution in [-0.2, 0) is 0 Å². The first-order valence-electron chi connectivity index (χ1n) is 5.73. The maximum Gasteiger partial charge on any atom is 0.170 e. The average Bonchev–Trinajstić information content (AvgIpc) is 2.46. The summed E-state index contributed by atoms with van der Waals surface area (Å²) in [6.07, 6.45) is 3.30. The zero-order chi connectivity index (χ0) is 13.8. The SMILES string of the molecule is Cc1nccnc1N(C)c1cccc(/C(N)=N/O)c1. The quantitative estimate of drug-likeness (QED) is 0.378. The summed E-state index contributed by atoms with van der Waals surface area (Å²) < 4.78 is 0. The number of amidine groups is 1. The molecule has 0 aliphatic heterocycles. The minimum absolute atomic E-state index is 0.0751. The van der Waals surface area contributed by atoms with Crippen LogP contribution in [0.15, 0.2) is 41.8 Å². The molecule has 2 rings (SSSR count). The highest BCUT2D eigenvalue weighted by Crippen LogP contribution is 2.23. The van der Waals surface area contributed by atoms with E-state index < -0.39 is 0 Å². The van der Waals surface area contributed by atoms with E-state index in [1.165, 1.54) is 0 Å². The van der Waals surface area contributed by atoms with Crippen molar-refractivity contribution in [2.24, 2.45) is 10.9 Å². The number of benzene rings is 1. The van der Waals surface area contributed by atoms with Gasteiger partial charge in [-0.25, -0.2) is 4.98 Å². The molecule has 2 aromatic rings. The van der Waals surface area contributed by atoms with Gasteiger partial charge in [-0.1, -0.05) is 17.3 Å². The Morgan fingerprint density at radius 1 is 1.32 bits per heavy atom. The minimum atomic E-state index is 0.0751. The van der Waals surface area contributed by atoms with Crippen LogP contribution in [-0.4, -0.2) is 28.1 Å². The summed E-state index contributed by atoms with van der Waals surface area (Å²) in [5, 5.41) is 11.7. The van der Waals surface area contributed by atoms with Gasteiger partial charge in [0.2, 0.25) is 0 Å². The molecule has 0 radical (unpaired) electrons. The number of oxime groups is 1. The molecule has 0 fully saturated rings. The Morgan fingerprint density at radius 2 is 2.05 bits per heavy atom. The lowest BCUT2D eigenvalue weighted by molar-refractivity contribution is 0.318. The van der Waals surface area contributed by atoms with Crippen LogP contribution in [0.5, 0.6) is 0 Å². The summed E-state index contributed by atoms with van der Waals surface area (Å²) in [5.74, 6) is 0.838. The zero-order valence-corrected chi connectivity index (χ0v) is 10.8. The zero-order valence-electron chi connectivity index (χ0n) is 10.8. The Bertz CT molecular complexity index is 611. The first kappa shape index (κ1) is 12.8. The second-order valence-corrected chi connectivity index (χ2v) is 4.06. The van der Waals surface area contributed by atoms with Crippen LogP contribution in [0.1, 0.15) is 11.3 Å². The van der Waals surface area contributed by atoms with Crippen LogP contribution >= 0.6 is 0 Å². The van der Waals surface area contributed by atoms with Crippen molar-refractivity contribution in [3.63, 3.8) is 0 Å². The minimum Gasteiger partial charge on any atom is -0.409 e. The van der Waals surface area contributed by atoms with Crippen LogP contribution in [0.4, 0.5) is 11.5 Å². The molecular formula is C13H15N5O. The van der Waals surface area contributed by atoms with E-state index in [0.717, 1.165) is 17.2 Å². The van der Waals surface area contributed by atoms with Crippen molar-refractivity contribution in [3.8, 4) is 0 Å². The highest BCUT2D eigenvalue weighted by Gasteiger charge is 2.10. The molecule has 0 saturated carbocycles. The van der Waals surface area contributed by atoms with Gasteiger partial charge in [0, 0.05) is 30.7 Å². The molecule has 6 heteroatoms. The summed E-state index contributed by atoms with van der Waals surface area (Å²) >= 11 is 0. The molecular weight excluding hydrogens is 242 g/mol. The van der Waals surface area contributed by atoms with Crippen molar-refractivity contribution in [3.05, 3.63) is 47.9 Å². The van der Waals surface area contributed by atoms with E-state index in [0.29, 0.717) is 5.56 Å². The molecule has 0 bridgehead atoms. The van der Waals surface area contributed by atoms with Crippen LogP contribution in [0, 0.1) is 6.92 Å². The average molecular weight is 257 g/mol. The fraction of sp³-hybridized carbons (Fsp3) is 0.154. The van der Waals surface area contributed by atoms with E-state index >= 15 is 0 Å². The number of anilines is 2. The van der Waals surface area contributed by atoms with Gasteiger partial charge in [-0.3, -0.25) is 4.98 Å². The predicted molar refractivity (Wildman–Crippen MR) is 73.8 cm³/mol. The van der Waals surface area contributed by atoms with E-state index in [2.05, 4.69) is 15.1 Å². The third kappa shape index (κ3) is 2.62. The highest BCUT2D eigenvalue weighted by molar-refractivity contribution is 5.97. The number of rotatable bonds is 3. The van der Waals surface area contributed by atoms with Crippen molar-refractivity contribution in [1.82, 2.24) is 9.97 Å². The second kappa shape index (κ2) is 5.34. The van der Waals surface area contributed by atoms with Gasteiger partial charge in [0.15, 0.2) is 11.7 Å². The number of aryl methyl sites for hydroxylation is 1. The molecule has 0 unspecified atom stereocenters. The first-order chi connectivity index (χ1) is 9.13. The van der Waals surface area contributed by atoms with Gasteiger partial charge in [-0.15, -0.1) is 0 Å². The van der Waals surface area contributed by atoms with Gasteiger partial charge in [-0.2, -0.15) is 0 Å². The lowest BCUT2D eigenvalue weighted by atomic mass is 10.1. The van der Waals surface area contributed by atoms with E-state index in [9.17, 15) is 0 Å². The van der Waals surface area contributed by atoms with Gasteiger partial charge in [0.05, 0.1) is 5.69 Å². The number of nitrogens with zero attached hydrogens (tertiary/aromatic N) is 4. The molecule has 0 atom stereocenters. The van der Waals surface area contributed by atoms with Crippen molar-refractivity contribution >= 4 is 17.3 Å². The lowest BCUT2D eigenvalue weighted by Crippen LogP contribution is -2.16. The number of hydrogen-bond donors (Lipinski definition) is 2. The summed E-state index contributed by atoms with van der Waals surface area (Å²) in [6, 6.07) is 7.35. The van der Waals surface area contributed by atoms with Crippen LogP contribution < -0.4 is 10.6 Å². The Labute approximate surface area is 111 Å². The van der Waals surface area contributed by atoms with E-state index in [1.54, 1.807) is 18.5 Å². The largest absolute Gasteiger partial charge is 0.409 e.